The molecular weight excluding hydrogens is 315 g/mol. The van der Waals surface area contributed by atoms with Gasteiger partial charge in [0, 0.05) is 13.0 Å². The lowest BCUT2D eigenvalue weighted by molar-refractivity contribution is 0.100. The molecule has 0 saturated carbocycles. The molecule has 0 unspecified atom stereocenters. The number of oxazole rings is 1. The van der Waals surface area contributed by atoms with E-state index in [0.29, 0.717) is 17.2 Å². The number of aryl methyl sites for hydroxylation is 1. The van der Waals surface area contributed by atoms with E-state index < -0.39 is 5.82 Å². The molecule has 0 spiro atoms. The van der Waals surface area contributed by atoms with Crippen molar-refractivity contribution in [2.45, 2.75) is 20.4 Å². The van der Waals surface area contributed by atoms with Gasteiger partial charge >= 0.3 is 0 Å². The zero-order chi connectivity index (χ0) is 17.3. The van der Waals surface area contributed by atoms with Crippen molar-refractivity contribution in [1.29, 1.82) is 0 Å². The monoisotopic (exact) mass is 330 g/mol. The minimum atomic E-state index is -0.484. The van der Waals surface area contributed by atoms with E-state index in [1.165, 1.54) is 31.1 Å². The summed E-state index contributed by atoms with van der Waals surface area (Å²) >= 11 is 0. The van der Waals surface area contributed by atoms with Crippen molar-refractivity contribution in [3.63, 3.8) is 0 Å². The third-order valence-electron chi connectivity index (χ3n) is 3.46. The van der Waals surface area contributed by atoms with E-state index in [4.69, 9.17) is 9.15 Å². The van der Waals surface area contributed by atoms with Crippen LogP contribution in [0, 0.1) is 12.7 Å². The van der Waals surface area contributed by atoms with Crippen LogP contribution in [-0.4, -0.2) is 32.6 Å². The zero-order valence-corrected chi connectivity index (χ0v) is 13.4. The highest BCUT2D eigenvalue weighted by Gasteiger charge is 2.16. The lowest BCUT2D eigenvalue weighted by Crippen LogP contribution is -2.04. The highest BCUT2D eigenvalue weighted by molar-refractivity contribution is 5.89. The summed E-state index contributed by atoms with van der Waals surface area (Å²) < 4.78 is 26.2. The smallest absolute Gasteiger partial charge is 0.229 e. The number of aromatic nitrogens is 4. The topological polar surface area (TPSA) is 83.0 Å². The van der Waals surface area contributed by atoms with Crippen LogP contribution in [0.1, 0.15) is 29.0 Å². The summed E-state index contributed by atoms with van der Waals surface area (Å²) in [6, 6.07) is 4.45. The summed E-state index contributed by atoms with van der Waals surface area (Å²) in [5, 5.41) is 4.05. The second kappa shape index (κ2) is 6.23. The number of methoxy groups -OCH3 is 1. The fraction of sp³-hybridized carbons (Fsp3) is 0.250. The first-order valence-electron chi connectivity index (χ1n) is 7.18. The molecule has 0 radical (unpaired) electrons. The number of hydrogen-bond donors (Lipinski definition) is 0. The van der Waals surface area contributed by atoms with Gasteiger partial charge in [0.1, 0.15) is 29.3 Å². The molecule has 0 bridgehead atoms. The van der Waals surface area contributed by atoms with Crippen molar-refractivity contribution >= 4 is 5.78 Å². The predicted molar refractivity (Wildman–Crippen MR) is 82.3 cm³/mol. The van der Waals surface area contributed by atoms with Crippen LogP contribution in [0.5, 0.6) is 5.75 Å². The van der Waals surface area contributed by atoms with Crippen molar-refractivity contribution in [3.8, 4) is 17.2 Å². The van der Waals surface area contributed by atoms with E-state index in [9.17, 15) is 9.18 Å². The second-order valence-corrected chi connectivity index (χ2v) is 5.19. The molecule has 124 valence electrons. The molecule has 7 nitrogen and oxygen atoms in total. The number of carbonyl (C=O) groups excluding carboxylic acids is 1. The quantitative estimate of drug-likeness (QED) is 0.669. The van der Waals surface area contributed by atoms with Gasteiger partial charge in [0.25, 0.3) is 0 Å². The first kappa shape index (κ1) is 15.9. The first-order valence-corrected chi connectivity index (χ1v) is 7.18. The molecule has 0 fully saturated rings. The van der Waals surface area contributed by atoms with Crippen molar-refractivity contribution in [1.82, 2.24) is 19.7 Å². The van der Waals surface area contributed by atoms with E-state index in [1.807, 2.05) is 0 Å². The van der Waals surface area contributed by atoms with Gasteiger partial charge in [-0.3, -0.25) is 4.79 Å². The number of ketones is 1. The molecule has 0 aliphatic carbocycles. The van der Waals surface area contributed by atoms with Crippen LogP contribution < -0.4 is 4.74 Å². The van der Waals surface area contributed by atoms with Crippen molar-refractivity contribution in [3.05, 3.63) is 47.6 Å². The third-order valence-corrected chi connectivity index (χ3v) is 3.46. The van der Waals surface area contributed by atoms with Crippen molar-refractivity contribution < 1.29 is 18.3 Å². The maximum Gasteiger partial charge on any atom is 0.229 e. The Hall–Kier alpha value is -3.03. The highest BCUT2D eigenvalue weighted by atomic mass is 19.1. The third kappa shape index (κ3) is 3.03. The van der Waals surface area contributed by atoms with Crippen LogP contribution in [0.2, 0.25) is 0 Å². The van der Waals surface area contributed by atoms with Gasteiger partial charge in [-0.15, -0.1) is 5.10 Å². The fourth-order valence-corrected chi connectivity index (χ4v) is 2.17. The summed E-state index contributed by atoms with van der Waals surface area (Å²) in [7, 11) is 1.47. The fourth-order valence-electron chi connectivity index (χ4n) is 2.17. The number of carbonyl (C=O) groups is 1. The Balaban J connectivity index is 1.88. The average Bonchev–Trinajstić information content (AvgIpc) is 3.15. The molecule has 0 aliphatic rings. The summed E-state index contributed by atoms with van der Waals surface area (Å²) in [6.07, 6.45) is 1.44. The van der Waals surface area contributed by atoms with Crippen LogP contribution in [0.25, 0.3) is 11.5 Å². The molecule has 2 heterocycles. The summed E-state index contributed by atoms with van der Waals surface area (Å²) in [4.78, 5) is 19.5. The van der Waals surface area contributed by atoms with Gasteiger partial charge in [-0.1, -0.05) is 0 Å². The minimum Gasteiger partial charge on any atom is -0.497 e. The van der Waals surface area contributed by atoms with Crippen LogP contribution in [0.15, 0.2) is 28.9 Å². The normalized spacial score (nSPS) is 10.8. The van der Waals surface area contributed by atoms with Gasteiger partial charge in [0.15, 0.2) is 5.78 Å². The molecule has 0 N–H and O–H groups in total. The number of nitrogens with zero attached hydrogens (tertiary/aromatic N) is 4. The van der Waals surface area contributed by atoms with Gasteiger partial charge in [0.05, 0.1) is 19.2 Å². The van der Waals surface area contributed by atoms with Crippen LogP contribution in [0.3, 0.4) is 0 Å². The molecule has 8 heteroatoms. The molecule has 1 aromatic carbocycles. The summed E-state index contributed by atoms with van der Waals surface area (Å²) in [5.41, 5.74) is 0.827. The Kier molecular flexibility index (Phi) is 4.11. The maximum atomic E-state index is 14.1. The number of ether oxygens (including phenoxy) is 1. The lowest BCUT2D eigenvalue weighted by atomic mass is 10.2. The van der Waals surface area contributed by atoms with E-state index >= 15 is 0 Å². The Morgan fingerprint density at radius 1 is 1.42 bits per heavy atom. The van der Waals surface area contributed by atoms with Gasteiger partial charge in [-0.25, -0.2) is 19.0 Å². The summed E-state index contributed by atoms with van der Waals surface area (Å²) in [5.74, 6) is 0.569. The van der Waals surface area contributed by atoms with E-state index in [2.05, 4.69) is 15.1 Å². The molecule has 0 saturated heterocycles. The van der Waals surface area contributed by atoms with Crippen molar-refractivity contribution in [2.75, 3.05) is 7.11 Å². The number of halogens is 1. The number of Topliss-reactive ketones (excluding diaryl/α,β-unsaturated/α-hetero) is 1. The number of hydrogen-bond acceptors (Lipinski definition) is 6. The first-order chi connectivity index (χ1) is 11.5. The lowest BCUT2D eigenvalue weighted by Gasteiger charge is -2.02. The molecule has 0 amide bonds. The molecule has 0 atom stereocenters. The average molecular weight is 330 g/mol. The highest BCUT2D eigenvalue weighted by Crippen LogP contribution is 2.27. The molecule has 2 aromatic heterocycles. The SMILES string of the molecule is COc1ccc(-c2nc(Cn3cnc(C(C)=O)n3)c(C)o2)c(F)c1. The predicted octanol–water partition coefficient (Wildman–Crippen LogP) is 2.64. The van der Waals surface area contributed by atoms with Crippen LogP contribution in [-0.2, 0) is 6.54 Å². The van der Waals surface area contributed by atoms with E-state index in [0.717, 1.165) is 0 Å². The maximum absolute atomic E-state index is 14.1. The molecule has 3 rings (SSSR count). The molecule has 24 heavy (non-hydrogen) atoms. The summed E-state index contributed by atoms with van der Waals surface area (Å²) in [6.45, 7) is 3.40. The standard InChI is InChI=1S/C16H15FN4O3/c1-9(22)15-18-8-21(20-15)7-14-10(2)24-16(19-14)12-5-4-11(23-3)6-13(12)17/h4-6,8H,7H2,1-3H3. The molecular formula is C16H15FN4O3. The number of rotatable bonds is 5. The van der Waals surface area contributed by atoms with E-state index in [-0.39, 0.29) is 29.6 Å². The van der Waals surface area contributed by atoms with Crippen molar-refractivity contribution in [2.24, 2.45) is 0 Å². The van der Waals surface area contributed by atoms with Crippen LogP contribution >= 0.6 is 0 Å². The Morgan fingerprint density at radius 2 is 2.21 bits per heavy atom. The largest absolute Gasteiger partial charge is 0.497 e. The van der Waals surface area contributed by atoms with E-state index in [1.54, 1.807) is 19.1 Å². The van der Waals surface area contributed by atoms with Crippen LogP contribution in [0.4, 0.5) is 4.39 Å². The Morgan fingerprint density at radius 3 is 2.83 bits per heavy atom. The van der Waals surface area contributed by atoms with Gasteiger partial charge in [-0.2, -0.15) is 0 Å². The molecule has 3 aromatic rings. The number of benzene rings is 1. The second-order valence-electron chi connectivity index (χ2n) is 5.19. The Bertz CT molecular complexity index is 901. The Labute approximate surface area is 137 Å². The zero-order valence-electron chi connectivity index (χ0n) is 13.4. The minimum absolute atomic E-state index is 0.137. The van der Waals surface area contributed by atoms with Gasteiger partial charge in [-0.05, 0) is 19.1 Å². The van der Waals surface area contributed by atoms with Gasteiger partial charge < -0.3 is 9.15 Å². The molecule has 0 aliphatic heterocycles. The van der Waals surface area contributed by atoms with Gasteiger partial charge in [0.2, 0.25) is 11.7 Å².